The van der Waals surface area contributed by atoms with Crippen LogP contribution >= 0.6 is 25.3 Å². The van der Waals surface area contributed by atoms with Crippen LogP contribution in [0.4, 0.5) is 0 Å². The Morgan fingerprint density at radius 1 is 1.28 bits per heavy atom. The Morgan fingerprint density at radius 3 is 2.17 bits per heavy atom. The molecule has 0 aliphatic rings. The van der Waals surface area contributed by atoms with Crippen molar-refractivity contribution < 1.29 is 9.59 Å². The van der Waals surface area contributed by atoms with Crippen LogP contribution in [0, 0.1) is 5.92 Å². The zero-order chi connectivity index (χ0) is 14.3. The van der Waals surface area contributed by atoms with Crippen molar-refractivity contribution in [2.24, 2.45) is 5.92 Å². The number of rotatable bonds is 9. The Bertz CT molecular complexity index is 285. The lowest BCUT2D eigenvalue weighted by Crippen LogP contribution is -2.50. The highest BCUT2D eigenvalue weighted by molar-refractivity contribution is 7.81. The molecule has 3 atom stereocenters. The van der Waals surface area contributed by atoms with Crippen molar-refractivity contribution in [3.8, 4) is 0 Å². The predicted octanol–water partition coefficient (Wildman–Crippen LogP) is 0.575. The molecule has 0 bridgehead atoms. The summed E-state index contributed by atoms with van der Waals surface area (Å²) in [7, 11) is 1.75. The average molecular weight is 292 g/mol. The first kappa shape index (κ1) is 18.0. The molecular formula is C12H24N2O2S2. The minimum atomic E-state index is -0.368. The second-order valence-electron chi connectivity index (χ2n) is 4.69. The van der Waals surface area contributed by atoms with Gasteiger partial charge in [-0.2, -0.15) is 25.3 Å². The number of thiol groups is 2. The van der Waals surface area contributed by atoms with Crippen molar-refractivity contribution >= 4 is 36.8 Å². The highest BCUT2D eigenvalue weighted by atomic mass is 32.1. The van der Waals surface area contributed by atoms with E-state index in [1.165, 1.54) is 6.92 Å². The lowest BCUT2D eigenvalue weighted by molar-refractivity contribution is -0.121. The monoisotopic (exact) mass is 292 g/mol. The van der Waals surface area contributed by atoms with Gasteiger partial charge in [0.15, 0.2) is 5.78 Å². The molecule has 0 aromatic rings. The SMILES string of the molecule is CN[C@H](C(=O)CN[C@@H](CS)C(C)=O)[C@H](S)C(C)C. The molecule has 4 nitrogen and oxygen atoms in total. The normalized spacial score (nSPS) is 16.4. The van der Waals surface area contributed by atoms with Crippen LogP contribution in [0.25, 0.3) is 0 Å². The molecule has 0 rings (SSSR count). The summed E-state index contributed by atoms with van der Waals surface area (Å²) in [6.45, 7) is 5.69. The van der Waals surface area contributed by atoms with Crippen LogP contribution in [0.3, 0.4) is 0 Å². The van der Waals surface area contributed by atoms with Gasteiger partial charge in [0.2, 0.25) is 0 Å². The Labute approximate surface area is 120 Å². The topological polar surface area (TPSA) is 58.2 Å². The summed E-state index contributed by atoms with van der Waals surface area (Å²) in [6, 6.07) is -0.680. The van der Waals surface area contributed by atoms with Gasteiger partial charge < -0.3 is 5.32 Å². The quantitative estimate of drug-likeness (QED) is 0.470. The van der Waals surface area contributed by atoms with Gasteiger partial charge >= 0.3 is 0 Å². The summed E-state index contributed by atoms with van der Waals surface area (Å²) < 4.78 is 0. The fourth-order valence-electron chi connectivity index (χ4n) is 1.58. The summed E-state index contributed by atoms with van der Waals surface area (Å²) in [5, 5.41) is 5.87. The minimum Gasteiger partial charge on any atom is -0.310 e. The van der Waals surface area contributed by atoms with Crippen LogP contribution in [-0.4, -0.2) is 48.2 Å². The molecule has 0 aromatic carbocycles. The molecule has 0 radical (unpaired) electrons. The third-order valence-electron chi connectivity index (χ3n) is 2.88. The van der Waals surface area contributed by atoms with Crippen molar-refractivity contribution in [1.29, 1.82) is 0 Å². The third-order valence-corrected chi connectivity index (χ3v) is 4.14. The first-order valence-corrected chi connectivity index (χ1v) is 7.22. The second-order valence-corrected chi connectivity index (χ2v) is 5.66. The standard InChI is InChI=1S/C12H24N2O2S2/c1-7(2)12(18)11(13-4)10(16)5-14-9(6-17)8(3)15/h7,9,11-14,17-18H,5-6H2,1-4H3/t9-,11+,12+/m0/s1. The number of ketones is 2. The van der Waals surface area contributed by atoms with Gasteiger partial charge in [-0.15, -0.1) is 0 Å². The smallest absolute Gasteiger partial charge is 0.164 e. The van der Waals surface area contributed by atoms with Crippen molar-refractivity contribution in [1.82, 2.24) is 10.6 Å². The Balaban J connectivity index is 4.41. The number of carbonyl (C=O) groups excluding carboxylic acids is 2. The molecule has 0 saturated carbocycles. The summed E-state index contributed by atoms with van der Waals surface area (Å²) >= 11 is 8.53. The van der Waals surface area contributed by atoms with E-state index in [1.807, 2.05) is 13.8 Å². The maximum atomic E-state index is 12.1. The molecule has 0 fully saturated rings. The van der Waals surface area contributed by atoms with Crippen LogP contribution < -0.4 is 10.6 Å². The van der Waals surface area contributed by atoms with E-state index >= 15 is 0 Å². The summed E-state index contributed by atoms with van der Waals surface area (Å²) in [4.78, 5) is 23.3. The number of carbonyl (C=O) groups is 2. The summed E-state index contributed by atoms with van der Waals surface area (Å²) in [6.07, 6.45) is 0. The molecular weight excluding hydrogens is 268 g/mol. The number of hydrogen-bond acceptors (Lipinski definition) is 6. The number of Topliss-reactive ketones (excluding diaryl/α,β-unsaturated/α-hetero) is 2. The van der Waals surface area contributed by atoms with Gasteiger partial charge in [-0.3, -0.25) is 14.9 Å². The zero-order valence-electron chi connectivity index (χ0n) is 11.4. The van der Waals surface area contributed by atoms with Crippen molar-refractivity contribution in [2.45, 2.75) is 38.1 Å². The van der Waals surface area contributed by atoms with Gasteiger partial charge in [-0.1, -0.05) is 13.8 Å². The maximum Gasteiger partial charge on any atom is 0.164 e. The fraction of sp³-hybridized carbons (Fsp3) is 0.833. The van der Waals surface area contributed by atoms with Crippen LogP contribution in [0.1, 0.15) is 20.8 Å². The predicted molar refractivity (Wildman–Crippen MR) is 81.8 cm³/mol. The Morgan fingerprint density at radius 2 is 1.83 bits per heavy atom. The van der Waals surface area contributed by atoms with Crippen molar-refractivity contribution in [3.63, 3.8) is 0 Å². The van der Waals surface area contributed by atoms with Crippen LogP contribution in [-0.2, 0) is 9.59 Å². The van der Waals surface area contributed by atoms with Gasteiger partial charge in [-0.25, -0.2) is 0 Å². The Kier molecular flexibility index (Phi) is 8.94. The minimum absolute atomic E-state index is 0.00918. The van der Waals surface area contributed by atoms with Gasteiger partial charge in [0.05, 0.1) is 18.6 Å². The molecule has 0 saturated heterocycles. The van der Waals surface area contributed by atoms with E-state index in [2.05, 4.69) is 35.9 Å². The van der Waals surface area contributed by atoms with Crippen molar-refractivity contribution in [3.05, 3.63) is 0 Å². The fourth-order valence-corrected chi connectivity index (χ4v) is 2.28. The van der Waals surface area contributed by atoms with E-state index in [0.717, 1.165) is 0 Å². The van der Waals surface area contributed by atoms with E-state index in [9.17, 15) is 9.59 Å². The van der Waals surface area contributed by atoms with E-state index < -0.39 is 0 Å². The van der Waals surface area contributed by atoms with Gasteiger partial charge in [0.25, 0.3) is 0 Å². The molecule has 0 aliphatic heterocycles. The highest BCUT2D eigenvalue weighted by Crippen LogP contribution is 2.14. The summed E-state index contributed by atoms with van der Waals surface area (Å²) in [5.74, 6) is 0.689. The Hall–Kier alpha value is -0.0400. The largest absolute Gasteiger partial charge is 0.310 e. The first-order valence-electron chi connectivity index (χ1n) is 6.07. The number of likely N-dealkylation sites (N-methyl/N-ethyl adjacent to an activating group) is 1. The van der Waals surface area contributed by atoms with Gasteiger partial charge in [0, 0.05) is 11.0 Å². The van der Waals surface area contributed by atoms with Crippen LogP contribution in [0.15, 0.2) is 0 Å². The molecule has 18 heavy (non-hydrogen) atoms. The average Bonchev–Trinajstić information content (AvgIpc) is 2.29. The third kappa shape index (κ3) is 5.73. The number of nitrogens with one attached hydrogen (secondary N) is 2. The molecule has 106 valence electrons. The molecule has 0 aromatic heterocycles. The maximum absolute atomic E-state index is 12.1. The lowest BCUT2D eigenvalue weighted by atomic mass is 9.99. The van der Waals surface area contributed by atoms with Gasteiger partial charge in [0.1, 0.15) is 5.78 Å². The van der Waals surface area contributed by atoms with E-state index in [-0.39, 0.29) is 35.4 Å². The molecule has 0 heterocycles. The first-order chi connectivity index (χ1) is 8.34. The molecule has 6 heteroatoms. The zero-order valence-corrected chi connectivity index (χ0v) is 13.2. The van der Waals surface area contributed by atoms with Crippen molar-refractivity contribution in [2.75, 3.05) is 19.3 Å². The summed E-state index contributed by atoms with van der Waals surface area (Å²) in [5.41, 5.74) is 0. The van der Waals surface area contributed by atoms with Crippen LogP contribution in [0.5, 0.6) is 0 Å². The molecule has 0 amide bonds. The van der Waals surface area contributed by atoms with E-state index in [1.54, 1.807) is 7.05 Å². The van der Waals surface area contributed by atoms with E-state index in [4.69, 9.17) is 0 Å². The molecule has 2 N–H and O–H groups in total. The number of hydrogen-bond donors (Lipinski definition) is 4. The second kappa shape index (κ2) is 8.96. The molecule has 0 unspecified atom stereocenters. The van der Waals surface area contributed by atoms with E-state index in [0.29, 0.717) is 11.7 Å². The van der Waals surface area contributed by atoms with Gasteiger partial charge in [-0.05, 0) is 19.9 Å². The van der Waals surface area contributed by atoms with Crippen LogP contribution in [0.2, 0.25) is 0 Å². The highest BCUT2D eigenvalue weighted by Gasteiger charge is 2.26. The molecule has 0 spiro atoms. The molecule has 0 aliphatic carbocycles. The lowest BCUT2D eigenvalue weighted by Gasteiger charge is -2.25.